The van der Waals surface area contributed by atoms with Crippen LogP contribution in [-0.2, 0) is 21.2 Å². The van der Waals surface area contributed by atoms with Crippen molar-refractivity contribution in [3.8, 4) is 5.75 Å². The molecule has 2 aromatic carbocycles. The van der Waals surface area contributed by atoms with Crippen molar-refractivity contribution in [2.75, 3.05) is 20.2 Å². The van der Waals surface area contributed by atoms with E-state index >= 15 is 0 Å². The summed E-state index contributed by atoms with van der Waals surface area (Å²) in [5, 5.41) is 10.1. The van der Waals surface area contributed by atoms with Crippen LogP contribution in [-0.4, -0.2) is 46.6 Å². The van der Waals surface area contributed by atoms with Crippen molar-refractivity contribution in [1.29, 1.82) is 0 Å². The van der Waals surface area contributed by atoms with E-state index in [1.165, 1.54) is 31.4 Å². The Kier molecular flexibility index (Phi) is 6.52. The second kappa shape index (κ2) is 9.16. The van der Waals surface area contributed by atoms with E-state index in [2.05, 4.69) is 16.0 Å². The summed E-state index contributed by atoms with van der Waals surface area (Å²) in [5.41, 5.74) is 0.827. The number of carbonyl (C=O) groups is 1. The molecule has 7 nitrogen and oxygen atoms in total. The van der Waals surface area contributed by atoms with Crippen LogP contribution in [0.5, 0.6) is 5.75 Å². The van der Waals surface area contributed by atoms with Crippen LogP contribution in [0.4, 0.5) is 0 Å². The molecular weight excluding hydrogens is 438 g/mol. The number of ether oxygens (including phenoxy) is 1. The zero-order valence-corrected chi connectivity index (χ0v) is 18.8. The number of carbonyl (C=O) groups excluding carboxylic acids is 1. The molecule has 166 valence electrons. The number of benzene rings is 2. The highest BCUT2D eigenvalue weighted by atomic mass is 35.5. The Hall–Kier alpha value is -2.13. The summed E-state index contributed by atoms with van der Waals surface area (Å²) >= 11 is 6.02. The van der Waals surface area contributed by atoms with Gasteiger partial charge < -0.3 is 20.7 Å². The third-order valence-electron chi connectivity index (χ3n) is 5.97. The van der Waals surface area contributed by atoms with E-state index in [4.69, 9.17) is 16.3 Å². The largest absolute Gasteiger partial charge is 0.497 e. The van der Waals surface area contributed by atoms with Gasteiger partial charge in [-0.15, -0.1) is 0 Å². The number of sulfone groups is 1. The molecule has 31 heavy (non-hydrogen) atoms. The zero-order chi connectivity index (χ0) is 22.0. The number of halogens is 1. The van der Waals surface area contributed by atoms with Gasteiger partial charge in [-0.05, 0) is 67.7 Å². The Labute approximate surface area is 187 Å². The molecule has 0 aromatic heterocycles. The fourth-order valence-electron chi connectivity index (χ4n) is 4.25. The molecule has 4 rings (SSSR count). The smallest absolute Gasteiger partial charge is 0.237 e. The number of fused-ring (bicyclic) bond motifs is 1. The number of methoxy groups -OCH3 is 1. The van der Waals surface area contributed by atoms with Crippen molar-refractivity contribution >= 4 is 27.3 Å². The summed E-state index contributed by atoms with van der Waals surface area (Å²) in [4.78, 5) is 12.8. The topological polar surface area (TPSA) is 96.5 Å². The van der Waals surface area contributed by atoms with Gasteiger partial charge in [-0.3, -0.25) is 4.79 Å². The standard InChI is InChI=1S/C22H26ClN3O4S/c1-30-17-9-16(23)10-19(11-17)31(28,29)18-4-2-14(3-5-18)12-25-22(27)21-8-15-13-24-7-6-20(15)26-21/h2-5,9-11,15,20-21,24,26H,6-8,12-13H2,1H3,(H,25,27). The predicted molar refractivity (Wildman–Crippen MR) is 118 cm³/mol. The van der Waals surface area contributed by atoms with Crippen molar-refractivity contribution in [3.63, 3.8) is 0 Å². The van der Waals surface area contributed by atoms with Crippen LogP contribution < -0.4 is 20.7 Å². The highest BCUT2D eigenvalue weighted by Crippen LogP contribution is 2.28. The molecule has 0 saturated carbocycles. The van der Waals surface area contributed by atoms with Crippen molar-refractivity contribution in [1.82, 2.24) is 16.0 Å². The molecule has 0 aliphatic carbocycles. The van der Waals surface area contributed by atoms with Crippen LogP contribution in [0.15, 0.2) is 52.3 Å². The summed E-state index contributed by atoms with van der Waals surface area (Å²) in [5.74, 6) is 0.859. The van der Waals surface area contributed by atoms with Crippen molar-refractivity contribution in [2.24, 2.45) is 5.92 Å². The lowest BCUT2D eigenvalue weighted by molar-refractivity contribution is -0.123. The molecular formula is C22H26ClN3O4S. The number of hydrogen-bond donors (Lipinski definition) is 3. The maximum atomic E-state index is 12.9. The fraction of sp³-hybridized carbons (Fsp3) is 0.409. The number of amides is 1. The third kappa shape index (κ3) is 4.87. The first kappa shape index (κ1) is 22.1. The monoisotopic (exact) mass is 463 g/mol. The van der Waals surface area contributed by atoms with Crippen LogP contribution in [0, 0.1) is 5.92 Å². The number of hydrogen-bond acceptors (Lipinski definition) is 6. The Morgan fingerprint density at radius 2 is 1.97 bits per heavy atom. The Balaban J connectivity index is 1.39. The number of piperidine rings is 1. The molecule has 0 bridgehead atoms. The van der Waals surface area contributed by atoms with Crippen molar-refractivity contribution < 1.29 is 17.9 Å². The molecule has 2 aliphatic rings. The summed E-state index contributed by atoms with van der Waals surface area (Å²) in [6, 6.07) is 11.1. The van der Waals surface area contributed by atoms with E-state index in [1.807, 2.05) is 0 Å². The van der Waals surface area contributed by atoms with Crippen LogP contribution >= 0.6 is 11.6 Å². The van der Waals surface area contributed by atoms with E-state index in [1.54, 1.807) is 18.2 Å². The molecule has 3 unspecified atom stereocenters. The van der Waals surface area contributed by atoms with E-state index < -0.39 is 9.84 Å². The fourth-order valence-corrected chi connectivity index (χ4v) is 5.86. The molecule has 2 fully saturated rings. The van der Waals surface area contributed by atoms with Crippen LogP contribution in [0.3, 0.4) is 0 Å². The molecule has 2 saturated heterocycles. The van der Waals surface area contributed by atoms with Gasteiger partial charge >= 0.3 is 0 Å². The number of nitrogens with one attached hydrogen (secondary N) is 3. The minimum Gasteiger partial charge on any atom is -0.497 e. The Morgan fingerprint density at radius 1 is 1.19 bits per heavy atom. The molecule has 0 radical (unpaired) electrons. The van der Waals surface area contributed by atoms with E-state index in [-0.39, 0.29) is 26.8 Å². The minimum atomic E-state index is -3.74. The molecule has 9 heteroatoms. The van der Waals surface area contributed by atoms with Gasteiger partial charge in [0.1, 0.15) is 5.75 Å². The summed E-state index contributed by atoms with van der Waals surface area (Å²) in [6.07, 6.45) is 1.88. The van der Waals surface area contributed by atoms with Crippen LogP contribution in [0.2, 0.25) is 5.02 Å². The first-order valence-electron chi connectivity index (χ1n) is 10.3. The van der Waals surface area contributed by atoms with E-state index in [0.29, 0.717) is 24.3 Å². The first-order valence-corrected chi connectivity index (χ1v) is 12.2. The van der Waals surface area contributed by atoms with Gasteiger partial charge in [-0.25, -0.2) is 8.42 Å². The molecule has 3 atom stereocenters. The lowest BCUT2D eigenvalue weighted by atomic mass is 9.94. The quantitative estimate of drug-likeness (QED) is 0.607. The summed E-state index contributed by atoms with van der Waals surface area (Å²) < 4.78 is 31.0. The average Bonchev–Trinajstić information content (AvgIpc) is 3.21. The highest BCUT2D eigenvalue weighted by Gasteiger charge is 2.38. The zero-order valence-electron chi connectivity index (χ0n) is 17.2. The molecule has 2 aromatic rings. The molecule has 0 spiro atoms. The third-order valence-corrected chi connectivity index (χ3v) is 7.94. The maximum absolute atomic E-state index is 12.9. The Morgan fingerprint density at radius 3 is 2.68 bits per heavy atom. The van der Waals surface area contributed by atoms with E-state index in [0.717, 1.165) is 31.5 Å². The Bertz CT molecular complexity index is 1040. The molecule has 2 aliphatic heterocycles. The van der Waals surface area contributed by atoms with Gasteiger partial charge in [-0.2, -0.15) is 0 Å². The van der Waals surface area contributed by atoms with Crippen molar-refractivity contribution in [3.05, 3.63) is 53.1 Å². The lowest BCUT2D eigenvalue weighted by Crippen LogP contribution is -2.45. The van der Waals surface area contributed by atoms with Crippen molar-refractivity contribution in [2.45, 2.75) is 41.3 Å². The number of rotatable bonds is 6. The van der Waals surface area contributed by atoms with Crippen LogP contribution in [0.1, 0.15) is 18.4 Å². The molecule has 2 heterocycles. The van der Waals surface area contributed by atoms with Gasteiger partial charge in [-0.1, -0.05) is 23.7 Å². The van der Waals surface area contributed by atoms with Gasteiger partial charge in [0, 0.05) is 17.6 Å². The maximum Gasteiger partial charge on any atom is 0.237 e. The average molecular weight is 464 g/mol. The summed E-state index contributed by atoms with van der Waals surface area (Å²) in [7, 11) is -2.28. The highest BCUT2D eigenvalue weighted by molar-refractivity contribution is 7.91. The second-order valence-electron chi connectivity index (χ2n) is 8.01. The first-order chi connectivity index (χ1) is 14.9. The SMILES string of the molecule is COc1cc(Cl)cc(S(=O)(=O)c2ccc(CNC(=O)C3CC4CNCCC4N3)cc2)c1. The predicted octanol–water partition coefficient (Wildman–Crippen LogP) is 2.14. The molecule has 3 N–H and O–H groups in total. The van der Waals surface area contributed by atoms with E-state index in [9.17, 15) is 13.2 Å². The van der Waals surface area contributed by atoms with Gasteiger partial charge in [0.2, 0.25) is 15.7 Å². The van der Waals surface area contributed by atoms with Gasteiger partial charge in [0.25, 0.3) is 0 Å². The second-order valence-corrected chi connectivity index (χ2v) is 10.4. The van der Waals surface area contributed by atoms with Gasteiger partial charge in [0.05, 0.1) is 22.9 Å². The normalized spacial score (nSPS) is 23.2. The van der Waals surface area contributed by atoms with Crippen LogP contribution in [0.25, 0.3) is 0 Å². The molecule has 1 amide bonds. The summed E-state index contributed by atoms with van der Waals surface area (Å²) in [6.45, 7) is 2.28. The lowest BCUT2D eigenvalue weighted by Gasteiger charge is -2.25. The minimum absolute atomic E-state index is 0.0166. The van der Waals surface area contributed by atoms with Gasteiger partial charge in [0.15, 0.2) is 0 Å².